The first-order valence-electron chi connectivity index (χ1n) is 11.6. The number of carboxylic acids is 1. The molecule has 1 heterocycles. The Hall–Kier alpha value is -2.30. The molecule has 0 aromatic heterocycles. The lowest BCUT2D eigenvalue weighted by Gasteiger charge is -2.34. The number of amides is 3. The molecule has 10 nitrogen and oxygen atoms in total. The molecule has 0 atom stereocenters. The average molecular weight is 471 g/mol. The van der Waals surface area contributed by atoms with E-state index in [9.17, 15) is 19.2 Å². The summed E-state index contributed by atoms with van der Waals surface area (Å²) in [5.74, 6) is -1.65. The Morgan fingerprint density at radius 1 is 0.848 bits per heavy atom. The maximum absolute atomic E-state index is 12.4. The number of carboxylic acid groups (broad SMARTS) is 1. The highest BCUT2D eigenvalue weighted by Crippen LogP contribution is 2.25. The molecule has 0 fully saturated rings. The molecule has 0 aromatic carbocycles. The van der Waals surface area contributed by atoms with Gasteiger partial charge in [-0.25, -0.2) is 0 Å². The van der Waals surface area contributed by atoms with Crippen molar-refractivity contribution in [2.75, 3.05) is 46.2 Å². The van der Waals surface area contributed by atoms with Gasteiger partial charge in [0.2, 0.25) is 5.91 Å². The summed E-state index contributed by atoms with van der Waals surface area (Å²) in [7, 11) is 0. The molecule has 0 saturated carbocycles. The van der Waals surface area contributed by atoms with E-state index in [1.807, 2.05) is 13.8 Å². The highest BCUT2D eigenvalue weighted by Gasteiger charge is 2.30. The number of imide groups is 1. The molecule has 0 aliphatic carbocycles. The minimum absolute atomic E-state index is 0.0313. The number of ether oxygens (including phenoxy) is 3. The van der Waals surface area contributed by atoms with Gasteiger partial charge >= 0.3 is 5.97 Å². The van der Waals surface area contributed by atoms with Crippen molar-refractivity contribution < 1.29 is 38.5 Å². The maximum atomic E-state index is 12.4. The van der Waals surface area contributed by atoms with Gasteiger partial charge in [0.1, 0.15) is 0 Å². The Labute approximate surface area is 195 Å². The summed E-state index contributed by atoms with van der Waals surface area (Å²) in [6.07, 6.45) is 6.36. The molecular weight excluding hydrogens is 432 g/mol. The van der Waals surface area contributed by atoms with Crippen LogP contribution in [-0.4, -0.2) is 85.4 Å². The van der Waals surface area contributed by atoms with Gasteiger partial charge in [0, 0.05) is 30.5 Å². The third-order valence-corrected chi connectivity index (χ3v) is 5.26. The fourth-order valence-electron chi connectivity index (χ4n) is 3.74. The highest BCUT2D eigenvalue weighted by atomic mass is 16.5. The Balaban J connectivity index is 2.10. The van der Waals surface area contributed by atoms with Crippen molar-refractivity contribution in [3.8, 4) is 0 Å². The number of rotatable bonds is 20. The number of carbonyl (C=O) groups is 4. The molecule has 2 N–H and O–H groups in total. The van der Waals surface area contributed by atoms with Crippen molar-refractivity contribution in [2.45, 2.75) is 64.3 Å². The van der Waals surface area contributed by atoms with Crippen LogP contribution >= 0.6 is 0 Å². The monoisotopic (exact) mass is 470 g/mol. The van der Waals surface area contributed by atoms with Crippen molar-refractivity contribution in [3.63, 3.8) is 0 Å². The smallest absolute Gasteiger partial charge is 0.303 e. The number of carbonyl (C=O) groups excluding carboxylic acids is 3. The molecule has 1 aliphatic rings. The molecule has 3 amide bonds. The topological polar surface area (TPSA) is 131 Å². The zero-order valence-corrected chi connectivity index (χ0v) is 19.8. The maximum Gasteiger partial charge on any atom is 0.303 e. The second kappa shape index (κ2) is 16.3. The van der Waals surface area contributed by atoms with E-state index < -0.39 is 11.5 Å². The van der Waals surface area contributed by atoms with Crippen molar-refractivity contribution in [3.05, 3.63) is 12.2 Å². The van der Waals surface area contributed by atoms with E-state index in [1.165, 1.54) is 12.2 Å². The summed E-state index contributed by atoms with van der Waals surface area (Å²) in [4.78, 5) is 47.3. The van der Waals surface area contributed by atoms with Gasteiger partial charge in [0.05, 0.1) is 46.2 Å². The van der Waals surface area contributed by atoms with E-state index in [4.69, 9.17) is 19.3 Å². The molecule has 1 aliphatic heterocycles. The van der Waals surface area contributed by atoms with Crippen molar-refractivity contribution in [2.24, 2.45) is 0 Å². The highest BCUT2D eigenvalue weighted by molar-refractivity contribution is 6.12. The largest absolute Gasteiger partial charge is 0.481 e. The fraction of sp³-hybridized carbons (Fsp3) is 0.739. The second-order valence-electron chi connectivity index (χ2n) is 7.97. The van der Waals surface area contributed by atoms with Gasteiger partial charge in [-0.05, 0) is 19.3 Å². The van der Waals surface area contributed by atoms with E-state index in [1.54, 1.807) is 0 Å². The van der Waals surface area contributed by atoms with E-state index >= 15 is 0 Å². The first-order valence-corrected chi connectivity index (χ1v) is 11.6. The minimum Gasteiger partial charge on any atom is -0.481 e. The normalized spacial score (nSPS) is 13.7. The predicted molar refractivity (Wildman–Crippen MR) is 120 cm³/mol. The van der Waals surface area contributed by atoms with Gasteiger partial charge < -0.3 is 24.6 Å². The predicted octanol–water partition coefficient (Wildman–Crippen LogP) is 1.67. The van der Waals surface area contributed by atoms with E-state index in [0.717, 1.165) is 30.6 Å². The fourth-order valence-corrected chi connectivity index (χ4v) is 3.74. The standard InChI is InChI=1S/C23H38N2O8/c1-3-9-23(10-4-2,11-7-22(29)30)24-19(26)8-13-31-15-17-33-18-16-32-14-12-25-20(27)5-6-21(25)28/h5-6H,3-4,7-18H2,1-2H3,(H,24,26)(H,29,30). The summed E-state index contributed by atoms with van der Waals surface area (Å²) in [5.41, 5.74) is -0.478. The molecular formula is C23H38N2O8. The first-order chi connectivity index (χ1) is 15.8. The third-order valence-electron chi connectivity index (χ3n) is 5.26. The molecule has 33 heavy (non-hydrogen) atoms. The van der Waals surface area contributed by atoms with Gasteiger partial charge in [-0.3, -0.25) is 24.1 Å². The first kappa shape index (κ1) is 28.7. The molecule has 0 bridgehead atoms. The van der Waals surface area contributed by atoms with Crippen LogP contribution in [0.2, 0.25) is 0 Å². The van der Waals surface area contributed by atoms with Crippen LogP contribution in [0.1, 0.15) is 58.8 Å². The number of hydrogen-bond donors (Lipinski definition) is 2. The number of nitrogens with one attached hydrogen (secondary N) is 1. The number of hydrogen-bond acceptors (Lipinski definition) is 7. The van der Waals surface area contributed by atoms with Crippen molar-refractivity contribution in [1.29, 1.82) is 0 Å². The lowest BCUT2D eigenvalue weighted by atomic mass is 9.84. The summed E-state index contributed by atoms with van der Waals surface area (Å²) >= 11 is 0. The quantitative estimate of drug-likeness (QED) is 0.203. The van der Waals surface area contributed by atoms with E-state index in [2.05, 4.69) is 5.32 Å². The molecule has 0 saturated heterocycles. The van der Waals surface area contributed by atoms with Gasteiger partial charge in [-0.15, -0.1) is 0 Å². The molecule has 0 aromatic rings. The summed E-state index contributed by atoms with van der Waals surface area (Å²) in [6.45, 7) is 6.14. The van der Waals surface area contributed by atoms with Crippen molar-refractivity contribution >= 4 is 23.7 Å². The van der Waals surface area contributed by atoms with E-state index in [0.29, 0.717) is 32.8 Å². The van der Waals surface area contributed by atoms with Crippen LogP contribution in [-0.2, 0) is 33.4 Å². The van der Waals surface area contributed by atoms with Crippen LogP contribution < -0.4 is 5.32 Å². The van der Waals surface area contributed by atoms with Gasteiger partial charge in [-0.1, -0.05) is 26.7 Å². The lowest BCUT2D eigenvalue weighted by Crippen LogP contribution is -2.49. The lowest BCUT2D eigenvalue weighted by molar-refractivity contribution is -0.139. The SMILES string of the molecule is CCCC(CCC)(CCC(=O)O)NC(=O)CCOCCOCCOCCN1C(=O)C=CC1=O. The van der Waals surface area contributed by atoms with Crippen molar-refractivity contribution in [1.82, 2.24) is 10.2 Å². The number of nitrogens with zero attached hydrogens (tertiary/aromatic N) is 1. The molecule has 188 valence electrons. The van der Waals surface area contributed by atoms with Crippen LogP contribution in [0, 0.1) is 0 Å². The Bertz CT molecular complexity index is 641. The Kier molecular flexibility index (Phi) is 14.2. The van der Waals surface area contributed by atoms with Crippen LogP contribution in [0.15, 0.2) is 12.2 Å². The van der Waals surface area contributed by atoms with Gasteiger partial charge in [0.25, 0.3) is 11.8 Å². The van der Waals surface area contributed by atoms with Crippen LogP contribution in [0.5, 0.6) is 0 Å². The molecule has 10 heteroatoms. The van der Waals surface area contributed by atoms with Crippen LogP contribution in [0.4, 0.5) is 0 Å². The van der Waals surface area contributed by atoms with Gasteiger partial charge in [0.15, 0.2) is 0 Å². The Morgan fingerprint density at radius 2 is 1.36 bits per heavy atom. The third kappa shape index (κ3) is 11.9. The van der Waals surface area contributed by atoms with Crippen LogP contribution in [0.25, 0.3) is 0 Å². The summed E-state index contributed by atoms with van der Waals surface area (Å²) < 4.78 is 16.2. The second-order valence-corrected chi connectivity index (χ2v) is 7.97. The summed E-state index contributed by atoms with van der Waals surface area (Å²) in [6, 6.07) is 0. The minimum atomic E-state index is -0.858. The average Bonchev–Trinajstić information content (AvgIpc) is 3.08. The molecule has 0 radical (unpaired) electrons. The van der Waals surface area contributed by atoms with Gasteiger partial charge in [-0.2, -0.15) is 0 Å². The zero-order chi connectivity index (χ0) is 24.5. The van der Waals surface area contributed by atoms with Crippen LogP contribution in [0.3, 0.4) is 0 Å². The number of aliphatic carboxylic acids is 1. The zero-order valence-electron chi connectivity index (χ0n) is 19.8. The molecule has 0 unspecified atom stereocenters. The molecule has 0 spiro atoms. The molecule has 1 rings (SSSR count). The Morgan fingerprint density at radius 3 is 1.88 bits per heavy atom. The summed E-state index contributed by atoms with van der Waals surface area (Å²) in [5, 5.41) is 12.1. The van der Waals surface area contributed by atoms with E-state index in [-0.39, 0.29) is 50.3 Å².